The van der Waals surface area contributed by atoms with Crippen LogP contribution in [0.5, 0.6) is 0 Å². The lowest BCUT2D eigenvalue weighted by molar-refractivity contribution is 0.0168. The number of likely N-dealkylation sites (N-methyl/N-ethyl adjacent to an activating group) is 2. The summed E-state index contributed by atoms with van der Waals surface area (Å²) in [7, 11) is 6.61. The van der Waals surface area contributed by atoms with Crippen LogP contribution in [0.1, 0.15) is 30.9 Å². The van der Waals surface area contributed by atoms with Gasteiger partial charge in [-0.1, -0.05) is 0 Å². The van der Waals surface area contributed by atoms with Gasteiger partial charge in [0.1, 0.15) is 0 Å². The molecule has 2 rings (SSSR count). The third-order valence-corrected chi connectivity index (χ3v) is 5.16. The van der Waals surface area contributed by atoms with Gasteiger partial charge in [0.25, 0.3) is 0 Å². The van der Waals surface area contributed by atoms with Crippen LogP contribution in [-0.4, -0.2) is 49.6 Å². The van der Waals surface area contributed by atoms with Gasteiger partial charge in [-0.05, 0) is 62.8 Å². The zero-order valence-electron chi connectivity index (χ0n) is 11.7. The maximum absolute atomic E-state index is 5.97. The smallest absolute Gasteiger partial charge is 0.0476 e. The number of hydrogen-bond donors (Lipinski definition) is 1. The van der Waals surface area contributed by atoms with Crippen molar-refractivity contribution in [3.05, 3.63) is 22.4 Å². The molecule has 0 saturated heterocycles. The molecule has 1 unspecified atom stereocenters. The summed E-state index contributed by atoms with van der Waals surface area (Å²) in [5, 5.41) is 4.36. The fourth-order valence-corrected chi connectivity index (χ4v) is 3.65. The second-order valence-corrected chi connectivity index (χ2v) is 6.48. The van der Waals surface area contributed by atoms with E-state index < -0.39 is 0 Å². The first-order valence-corrected chi connectivity index (χ1v) is 7.63. The first-order valence-electron chi connectivity index (χ1n) is 6.69. The van der Waals surface area contributed by atoms with Crippen LogP contribution in [0, 0.1) is 0 Å². The first-order chi connectivity index (χ1) is 8.59. The van der Waals surface area contributed by atoms with Gasteiger partial charge in [-0.25, -0.2) is 0 Å². The molecule has 0 radical (unpaired) electrons. The highest BCUT2D eigenvalue weighted by molar-refractivity contribution is 7.07. The molecule has 2 N–H and O–H groups in total. The molecule has 18 heavy (non-hydrogen) atoms. The molecule has 0 aliphatic heterocycles. The summed E-state index contributed by atoms with van der Waals surface area (Å²) in [5.41, 5.74) is 7.70. The zero-order chi connectivity index (χ0) is 13.2. The Kier molecular flexibility index (Phi) is 4.43. The summed E-state index contributed by atoms with van der Waals surface area (Å²) < 4.78 is 0. The van der Waals surface area contributed by atoms with E-state index in [-0.39, 0.29) is 0 Å². The maximum atomic E-state index is 5.97. The molecule has 1 aliphatic carbocycles. The molecule has 1 atom stereocenters. The Morgan fingerprint density at radius 2 is 2.11 bits per heavy atom. The average Bonchev–Trinajstić information content (AvgIpc) is 2.77. The lowest BCUT2D eigenvalue weighted by Crippen LogP contribution is -2.57. The van der Waals surface area contributed by atoms with Crippen molar-refractivity contribution < 1.29 is 0 Å². The van der Waals surface area contributed by atoms with Gasteiger partial charge in [0.15, 0.2) is 0 Å². The number of rotatable bonds is 6. The molecule has 0 spiro atoms. The van der Waals surface area contributed by atoms with Gasteiger partial charge in [-0.2, -0.15) is 11.3 Å². The zero-order valence-corrected chi connectivity index (χ0v) is 12.5. The molecule has 0 aromatic carbocycles. The molecule has 1 fully saturated rings. The molecule has 1 saturated carbocycles. The van der Waals surface area contributed by atoms with Gasteiger partial charge < -0.3 is 10.6 Å². The third kappa shape index (κ3) is 2.62. The largest absolute Gasteiger partial charge is 0.329 e. The lowest BCUT2D eigenvalue weighted by atomic mass is 9.75. The Balaban J connectivity index is 2.04. The van der Waals surface area contributed by atoms with E-state index in [1.54, 1.807) is 11.3 Å². The van der Waals surface area contributed by atoms with E-state index in [1.807, 2.05) is 0 Å². The minimum absolute atomic E-state index is 0.355. The fraction of sp³-hybridized carbons (Fsp3) is 0.714. The average molecular weight is 267 g/mol. The summed E-state index contributed by atoms with van der Waals surface area (Å²) in [6, 6.07) is 2.55. The van der Waals surface area contributed by atoms with E-state index in [2.05, 4.69) is 47.8 Å². The van der Waals surface area contributed by atoms with Crippen LogP contribution in [-0.2, 0) is 0 Å². The molecular formula is C14H25N3S. The van der Waals surface area contributed by atoms with E-state index in [1.165, 1.54) is 24.8 Å². The van der Waals surface area contributed by atoms with E-state index in [0.717, 1.165) is 6.54 Å². The predicted molar refractivity (Wildman–Crippen MR) is 79.0 cm³/mol. The van der Waals surface area contributed by atoms with E-state index >= 15 is 0 Å². The molecule has 1 aliphatic rings. The standard InChI is InChI=1S/C14H25N3S/c1-16(2)14(6-4-7-14)11-17(3)13(9-15)12-5-8-18-10-12/h5,8,10,13H,4,6-7,9,11,15H2,1-3H3. The summed E-state index contributed by atoms with van der Waals surface area (Å²) in [6.45, 7) is 1.80. The topological polar surface area (TPSA) is 32.5 Å². The molecule has 3 nitrogen and oxygen atoms in total. The van der Waals surface area contributed by atoms with Crippen molar-refractivity contribution in [3.8, 4) is 0 Å². The highest BCUT2D eigenvalue weighted by atomic mass is 32.1. The van der Waals surface area contributed by atoms with E-state index in [9.17, 15) is 0 Å². The van der Waals surface area contributed by atoms with E-state index in [0.29, 0.717) is 18.1 Å². The van der Waals surface area contributed by atoms with Crippen molar-refractivity contribution in [2.75, 3.05) is 34.2 Å². The van der Waals surface area contributed by atoms with Crippen LogP contribution < -0.4 is 5.73 Å². The van der Waals surface area contributed by atoms with Crippen LogP contribution >= 0.6 is 11.3 Å². The third-order valence-electron chi connectivity index (χ3n) is 4.46. The van der Waals surface area contributed by atoms with Gasteiger partial charge in [-0.3, -0.25) is 4.90 Å². The van der Waals surface area contributed by atoms with Gasteiger partial charge in [0, 0.05) is 24.7 Å². The molecule has 1 aromatic heterocycles. The molecule has 1 aromatic rings. The van der Waals surface area contributed by atoms with Gasteiger partial charge in [-0.15, -0.1) is 0 Å². The van der Waals surface area contributed by atoms with Crippen molar-refractivity contribution in [2.24, 2.45) is 5.73 Å². The Morgan fingerprint density at radius 1 is 1.39 bits per heavy atom. The van der Waals surface area contributed by atoms with Crippen molar-refractivity contribution in [3.63, 3.8) is 0 Å². The Morgan fingerprint density at radius 3 is 2.50 bits per heavy atom. The first kappa shape index (κ1) is 14.0. The van der Waals surface area contributed by atoms with Crippen LogP contribution in [0.3, 0.4) is 0 Å². The van der Waals surface area contributed by atoms with E-state index in [4.69, 9.17) is 5.73 Å². The molecule has 1 heterocycles. The van der Waals surface area contributed by atoms with Gasteiger partial charge in [0.2, 0.25) is 0 Å². The number of hydrogen-bond acceptors (Lipinski definition) is 4. The van der Waals surface area contributed by atoms with Gasteiger partial charge >= 0.3 is 0 Å². The second-order valence-electron chi connectivity index (χ2n) is 5.70. The van der Waals surface area contributed by atoms with Crippen molar-refractivity contribution in [2.45, 2.75) is 30.8 Å². The normalized spacial score (nSPS) is 20.1. The van der Waals surface area contributed by atoms with Gasteiger partial charge in [0.05, 0.1) is 0 Å². The summed E-state index contributed by atoms with van der Waals surface area (Å²) >= 11 is 1.75. The minimum atomic E-state index is 0.355. The number of thiophene rings is 1. The quantitative estimate of drug-likeness (QED) is 0.857. The number of nitrogens with zero attached hydrogens (tertiary/aromatic N) is 2. The van der Waals surface area contributed by atoms with Crippen molar-refractivity contribution in [1.29, 1.82) is 0 Å². The molecule has 4 heteroatoms. The molecular weight excluding hydrogens is 242 g/mol. The molecule has 0 bridgehead atoms. The number of nitrogens with two attached hydrogens (primary N) is 1. The monoisotopic (exact) mass is 267 g/mol. The predicted octanol–water partition coefficient (Wildman–Crippen LogP) is 2.16. The highest BCUT2D eigenvalue weighted by Crippen LogP contribution is 2.38. The SMILES string of the molecule is CN(CC1(N(C)C)CCC1)C(CN)c1ccsc1. The highest BCUT2D eigenvalue weighted by Gasteiger charge is 2.40. The van der Waals surface area contributed by atoms with Crippen LogP contribution in [0.25, 0.3) is 0 Å². The summed E-state index contributed by atoms with van der Waals surface area (Å²) in [5.74, 6) is 0. The van der Waals surface area contributed by atoms with Crippen molar-refractivity contribution in [1.82, 2.24) is 9.80 Å². The van der Waals surface area contributed by atoms with Crippen LogP contribution in [0.2, 0.25) is 0 Å². The second kappa shape index (κ2) is 5.70. The Labute approximate surface area is 115 Å². The lowest BCUT2D eigenvalue weighted by Gasteiger charge is -2.50. The Hall–Kier alpha value is -0.420. The van der Waals surface area contributed by atoms with Crippen LogP contribution in [0.15, 0.2) is 16.8 Å². The molecule has 0 amide bonds. The summed E-state index contributed by atoms with van der Waals surface area (Å²) in [4.78, 5) is 4.83. The maximum Gasteiger partial charge on any atom is 0.0476 e. The summed E-state index contributed by atoms with van der Waals surface area (Å²) in [6.07, 6.45) is 3.98. The van der Waals surface area contributed by atoms with Crippen molar-refractivity contribution >= 4 is 11.3 Å². The van der Waals surface area contributed by atoms with Crippen LogP contribution in [0.4, 0.5) is 0 Å². The fourth-order valence-electron chi connectivity index (χ4n) is 2.94. The Bertz CT molecular complexity index is 357. The molecule has 102 valence electrons. The minimum Gasteiger partial charge on any atom is -0.329 e.